The van der Waals surface area contributed by atoms with Gasteiger partial charge in [-0.1, -0.05) is 0 Å². The summed E-state index contributed by atoms with van der Waals surface area (Å²) in [5.74, 6) is -1.49. The van der Waals surface area contributed by atoms with Gasteiger partial charge in [0.1, 0.15) is 7.39 Å². The number of H-pyrrole nitrogens is 1. The van der Waals surface area contributed by atoms with Gasteiger partial charge in [-0.2, -0.15) is 0 Å². The Balaban J connectivity index is 0. The van der Waals surface area contributed by atoms with Crippen LogP contribution in [0.25, 0.3) is 0 Å². The number of carbonyl (C=O) groups is 1. The van der Waals surface area contributed by atoms with Crippen LogP contribution < -0.4 is 5.73 Å². The Morgan fingerprint density at radius 2 is 2.62 bits per heavy atom. The van der Waals surface area contributed by atoms with E-state index in [1.165, 1.54) is 0 Å². The molecule has 6 N–H and O–H groups in total. The van der Waals surface area contributed by atoms with Crippen LogP contribution >= 0.6 is 12.4 Å². The molecule has 0 spiro atoms. The van der Waals surface area contributed by atoms with Crippen molar-refractivity contribution in [3.05, 3.63) is 18.2 Å². The van der Waals surface area contributed by atoms with Gasteiger partial charge in [0.2, 0.25) is 0 Å². The van der Waals surface area contributed by atoms with Crippen molar-refractivity contribution < 1.29 is 19.5 Å². The first-order valence-corrected chi connectivity index (χ1v) is 2.87. The molecule has 0 radical (unpaired) electrons. The molecular weight excluding hydrogens is 198 g/mol. The number of hydrogen-bond donors (Lipinski definition) is 3. The molecule has 1 aromatic heterocycles. The van der Waals surface area contributed by atoms with Gasteiger partial charge in [0.05, 0.1) is 9.04 Å². The van der Waals surface area contributed by atoms with Gasteiger partial charge in [0.25, 0.3) is 0 Å². The predicted molar refractivity (Wildman–Crippen MR) is 48.8 cm³/mol. The fourth-order valence-electron chi connectivity index (χ4n) is 0.569. The van der Waals surface area contributed by atoms with E-state index in [0.29, 0.717) is 0 Å². The number of halogens is 1. The fourth-order valence-corrected chi connectivity index (χ4v) is 0.569. The number of aromatic amines is 1. The molecule has 6 nitrogen and oxygen atoms in total. The summed E-state index contributed by atoms with van der Waals surface area (Å²) in [7, 11) is 0. The molecule has 0 amide bonds. The van der Waals surface area contributed by atoms with Gasteiger partial charge < -0.3 is 21.3 Å². The molecule has 1 aromatic rings. The molecule has 1 rings (SSSR count). The van der Waals surface area contributed by atoms with E-state index in [1.807, 2.05) is 0 Å². The Morgan fingerprint density at radius 1 is 2.00 bits per heavy atom. The van der Waals surface area contributed by atoms with E-state index in [-0.39, 0.29) is 42.5 Å². The number of nitrogens with two attached hydrogens (primary N) is 1. The minimum absolute atomic E-state index is 0. The molecule has 7 heteroatoms. The summed E-state index contributed by atoms with van der Waals surface area (Å²) in [5, 5.41) is 8.55. The first-order valence-electron chi connectivity index (χ1n) is 4.37. The van der Waals surface area contributed by atoms with Crippen LogP contribution in [0.5, 0.6) is 0 Å². The monoisotopic (exact) mass is 212 g/mol. The van der Waals surface area contributed by atoms with E-state index in [2.05, 4.69) is 9.97 Å². The highest BCUT2D eigenvalue weighted by molar-refractivity contribution is 5.85. The molecule has 0 saturated carbocycles. The lowest BCUT2D eigenvalue weighted by atomic mass is 10.2. The van der Waals surface area contributed by atoms with Crippen molar-refractivity contribution in [2.24, 2.45) is 5.73 Å². The quantitative estimate of drug-likeness (QED) is 0.592. The van der Waals surface area contributed by atoms with Crippen LogP contribution in [0.2, 0.25) is 0 Å². The standard InChI is InChI=1S/C6H9N3O2.ClH.H2O/c7-5(6(10)11)1-4-2-8-3-9-4;;/h2-3,5H,1,7H2,(H,8,9)(H,10,11);1H;1H2/t5-;;/m0../s1/i2D,3D,5D;;. The first kappa shape index (κ1) is 8.49. The number of imidazole rings is 1. The molecule has 0 aromatic carbocycles. The van der Waals surface area contributed by atoms with Crippen molar-refractivity contribution in [1.82, 2.24) is 9.97 Å². The van der Waals surface area contributed by atoms with Gasteiger partial charge in [-0.25, -0.2) is 4.98 Å². The number of nitrogens with zero attached hydrogens (tertiary/aromatic N) is 1. The highest BCUT2D eigenvalue weighted by Crippen LogP contribution is 1.95. The third-order valence-electron chi connectivity index (χ3n) is 1.10. The minimum atomic E-state index is -2.20. The molecule has 0 aliphatic heterocycles. The van der Waals surface area contributed by atoms with Gasteiger partial charge >= 0.3 is 5.97 Å². The van der Waals surface area contributed by atoms with Crippen molar-refractivity contribution in [3.8, 4) is 0 Å². The minimum Gasteiger partial charge on any atom is -0.480 e. The second-order valence-corrected chi connectivity index (χ2v) is 1.95. The van der Waals surface area contributed by atoms with Gasteiger partial charge in [-0.3, -0.25) is 4.79 Å². The van der Waals surface area contributed by atoms with Gasteiger partial charge in [-0.05, 0) is 0 Å². The molecule has 76 valence electrons. The van der Waals surface area contributed by atoms with Crippen molar-refractivity contribution in [2.75, 3.05) is 0 Å². The van der Waals surface area contributed by atoms with Gasteiger partial charge in [-0.15, -0.1) is 12.4 Å². The van der Waals surface area contributed by atoms with E-state index in [9.17, 15) is 4.79 Å². The lowest BCUT2D eigenvalue weighted by molar-refractivity contribution is -0.138. The lowest BCUT2D eigenvalue weighted by Gasteiger charge is -2.02. The molecule has 13 heavy (non-hydrogen) atoms. The molecule has 0 bridgehead atoms. The van der Waals surface area contributed by atoms with Crippen molar-refractivity contribution in [3.63, 3.8) is 0 Å². The topological polar surface area (TPSA) is 124 Å². The molecule has 1 atom stereocenters. The Kier molecular flexibility index (Phi) is 4.19. The van der Waals surface area contributed by atoms with Crippen LogP contribution in [-0.2, 0) is 11.2 Å². The maximum atomic E-state index is 10.5. The molecule has 0 fully saturated rings. The fraction of sp³-hybridized carbons (Fsp3) is 0.333. The number of nitrogens with one attached hydrogen (secondary N) is 1. The van der Waals surface area contributed by atoms with Gasteiger partial charge in [0, 0.05) is 18.3 Å². The summed E-state index contributed by atoms with van der Waals surface area (Å²) < 4.78 is 21.5. The Hall–Kier alpha value is -1.11. The molecule has 0 aliphatic rings. The largest absolute Gasteiger partial charge is 0.480 e. The summed E-state index contributed by atoms with van der Waals surface area (Å²) in [6.45, 7) is 0. The summed E-state index contributed by atoms with van der Waals surface area (Å²) >= 11 is 0. The van der Waals surface area contributed by atoms with Crippen LogP contribution in [0.4, 0.5) is 0 Å². The summed E-state index contributed by atoms with van der Waals surface area (Å²) in [4.78, 5) is 16.2. The Bertz CT molecular complexity index is 371. The van der Waals surface area contributed by atoms with E-state index in [4.69, 9.17) is 15.0 Å². The Labute approximate surface area is 85.1 Å². The van der Waals surface area contributed by atoms with E-state index in [0.717, 1.165) is 0 Å². The molecular formula is C6H12ClN3O3. The normalized spacial score (nSPS) is 16.5. The first-order chi connectivity index (χ1) is 6.33. The number of aliphatic carboxylic acids is 1. The lowest BCUT2D eigenvalue weighted by Crippen LogP contribution is -2.32. The second-order valence-electron chi connectivity index (χ2n) is 1.95. The zero-order valence-corrected chi connectivity index (χ0v) is 7.31. The van der Waals surface area contributed by atoms with Crippen molar-refractivity contribution in [2.45, 2.75) is 12.4 Å². The zero-order chi connectivity index (χ0) is 10.9. The average molecular weight is 213 g/mol. The average Bonchev–Trinajstić information content (AvgIpc) is 2.29. The van der Waals surface area contributed by atoms with E-state index in [1.54, 1.807) is 0 Å². The summed E-state index contributed by atoms with van der Waals surface area (Å²) in [5.41, 5.74) is 5.22. The van der Waals surface area contributed by atoms with Crippen LogP contribution in [0.1, 0.15) is 9.81 Å². The SMILES string of the molecule is Cl.O.[2H]c1nc([2H])c(C[C@]([2H])(N)C(=O)O)[nH]1. The third-order valence-corrected chi connectivity index (χ3v) is 1.10. The Morgan fingerprint density at radius 3 is 3.00 bits per heavy atom. The highest BCUT2D eigenvalue weighted by Gasteiger charge is 2.11. The second kappa shape index (κ2) is 6.41. The number of rotatable bonds is 3. The summed E-state index contributed by atoms with van der Waals surface area (Å²) in [6, 6.07) is -2.20. The van der Waals surface area contributed by atoms with Crippen molar-refractivity contribution in [1.29, 1.82) is 0 Å². The third kappa shape index (κ3) is 4.46. The molecule has 0 aliphatic carbocycles. The van der Waals surface area contributed by atoms with E-state index < -0.39 is 12.0 Å². The maximum absolute atomic E-state index is 10.5. The number of hydrogen-bond acceptors (Lipinski definition) is 3. The number of aromatic nitrogens is 2. The van der Waals surface area contributed by atoms with Crippen LogP contribution in [0.15, 0.2) is 12.5 Å². The number of carboxylic acid groups (broad SMARTS) is 1. The number of carboxylic acids is 1. The predicted octanol–water partition coefficient (Wildman–Crippen LogP) is -1.04. The smallest absolute Gasteiger partial charge is 0.320 e. The highest BCUT2D eigenvalue weighted by atomic mass is 35.5. The van der Waals surface area contributed by atoms with Gasteiger partial charge in [0.15, 0.2) is 0 Å². The molecule has 0 saturated heterocycles. The summed E-state index contributed by atoms with van der Waals surface area (Å²) in [6.07, 6.45) is -0.878. The molecule has 0 unspecified atom stereocenters. The maximum Gasteiger partial charge on any atom is 0.320 e. The van der Waals surface area contributed by atoms with Crippen LogP contribution in [0.3, 0.4) is 0 Å². The van der Waals surface area contributed by atoms with Crippen LogP contribution in [-0.4, -0.2) is 32.5 Å². The zero-order valence-electron chi connectivity index (χ0n) is 9.50. The van der Waals surface area contributed by atoms with E-state index >= 15 is 0 Å². The van der Waals surface area contributed by atoms with Crippen LogP contribution in [0, 0.1) is 0 Å². The van der Waals surface area contributed by atoms with Crippen molar-refractivity contribution >= 4 is 18.4 Å². The molecule has 1 heterocycles.